The fourth-order valence-electron chi connectivity index (χ4n) is 1.64. The van der Waals surface area contributed by atoms with Crippen LogP contribution in [-0.2, 0) is 6.54 Å². The highest BCUT2D eigenvalue weighted by atomic mass is 79.9. The molecule has 0 radical (unpaired) electrons. The van der Waals surface area contributed by atoms with Crippen molar-refractivity contribution in [1.82, 2.24) is 15.5 Å². The van der Waals surface area contributed by atoms with Crippen LogP contribution in [0.15, 0.2) is 33.2 Å². The number of thioether (sulfide) groups is 1. The van der Waals surface area contributed by atoms with Crippen molar-refractivity contribution in [2.45, 2.75) is 19.5 Å². The summed E-state index contributed by atoms with van der Waals surface area (Å²) < 4.78 is 6.61. The van der Waals surface area contributed by atoms with Crippen molar-refractivity contribution in [2.75, 3.05) is 12.0 Å². The molecule has 1 N–H and O–H groups in total. The van der Waals surface area contributed by atoms with Crippen molar-refractivity contribution in [3.8, 4) is 11.5 Å². The van der Waals surface area contributed by atoms with Crippen LogP contribution >= 0.6 is 27.7 Å². The first kappa shape index (κ1) is 14.6. The van der Waals surface area contributed by atoms with Gasteiger partial charge in [-0.15, -0.1) is 10.2 Å². The molecule has 0 spiro atoms. The van der Waals surface area contributed by atoms with E-state index in [4.69, 9.17) is 4.42 Å². The first-order valence-corrected chi connectivity index (χ1v) is 8.19. The standard InChI is InChI=1S/C13H16BrN3OS/c1-9(8-19-2)15-7-12-16-17-13(18-12)10-5-3-4-6-11(10)14/h3-6,9,15H,7-8H2,1-2H3. The second-order valence-corrected chi connectivity index (χ2v) is 5.98. The summed E-state index contributed by atoms with van der Waals surface area (Å²) >= 11 is 5.29. The Morgan fingerprint density at radius 1 is 1.37 bits per heavy atom. The molecule has 0 fully saturated rings. The molecule has 1 heterocycles. The Hall–Kier alpha value is -0.850. The zero-order valence-electron chi connectivity index (χ0n) is 10.9. The van der Waals surface area contributed by atoms with Gasteiger partial charge in [-0.3, -0.25) is 0 Å². The van der Waals surface area contributed by atoms with Gasteiger partial charge >= 0.3 is 0 Å². The van der Waals surface area contributed by atoms with Crippen molar-refractivity contribution in [1.29, 1.82) is 0 Å². The third-order valence-corrected chi connectivity index (χ3v) is 4.11. The van der Waals surface area contributed by atoms with Gasteiger partial charge in [-0.25, -0.2) is 0 Å². The minimum absolute atomic E-state index is 0.425. The second kappa shape index (κ2) is 7.07. The van der Waals surface area contributed by atoms with Gasteiger partial charge in [0.2, 0.25) is 11.8 Å². The molecule has 2 rings (SSSR count). The van der Waals surface area contributed by atoms with Gasteiger partial charge in [-0.2, -0.15) is 11.8 Å². The number of benzene rings is 1. The van der Waals surface area contributed by atoms with Gasteiger partial charge in [-0.1, -0.05) is 12.1 Å². The minimum atomic E-state index is 0.425. The monoisotopic (exact) mass is 341 g/mol. The molecule has 0 aliphatic rings. The maximum absolute atomic E-state index is 5.66. The summed E-state index contributed by atoms with van der Waals surface area (Å²) in [6, 6.07) is 8.23. The van der Waals surface area contributed by atoms with Crippen LogP contribution in [0.2, 0.25) is 0 Å². The van der Waals surface area contributed by atoms with E-state index in [0.717, 1.165) is 15.8 Å². The molecule has 1 aromatic heterocycles. The number of hydrogen-bond acceptors (Lipinski definition) is 5. The molecule has 1 atom stereocenters. The number of rotatable bonds is 6. The predicted octanol–water partition coefficient (Wildman–Crippen LogP) is 3.34. The molecular formula is C13H16BrN3OS. The number of aromatic nitrogens is 2. The van der Waals surface area contributed by atoms with Gasteiger partial charge in [0.1, 0.15) is 0 Å². The third-order valence-electron chi connectivity index (χ3n) is 2.59. The average molecular weight is 342 g/mol. The molecule has 4 nitrogen and oxygen atoms in total. The van der Waals surface area contributed by atoms with Crippen molar-refractivity contribution < 1.29 is 4.42 Å². The number of nitrogens with one attached hydrogen (secondary N) is 1. The molecule has 1 aromatic carbocycles. The Morgan fingerprint density at radius 3 is 2.89 bits per heavy atom. The summed E-state index contributed by atoms with van der Waals surface area (Å²) in [6.07, 6.45) is 2.09. The van der Waals surface area contributed by atoms with Gasteiger partial charge in [0.05, 0.1) is 12.1 Å². The third kappa shape index (κ3) is 4.06. The molecule has 19 heavy (non-hydrogen) atoms. The van der Waals surface area contributed by atoms with E-state index in [0.29, 0.717) is 24.4 Å². The van der Waals surface area contributed by atoms with Crippen molar-refractivity contribution in [2.24, 2.45) is 0 Å². The van der Waals surface area contributed by atoms with Crippen LogP contribution in [0.4, 0.5) is 0 Å². The average Bonchev–Trinajstić information content (AvgIpc) is 2.86. The Morgan fingerprint density at radius 2 is 2.16 bits per heavy atom. The fraction of sp³-hybridized carbons (Fsp3) is 0.385. The topological polar surface area (TPSA) is 51.0 Å². The van der Waals surface area contributed by atoms with E-state index in [1.165, 1.54) is 0 Å². The summed E-state index contributed by atoms with van der Waals surface area (Å²) in [6.45, 7) is 2.74. The number of halogens is 1. The first-order chi connectivity index (χ1) is 9.20. The van der Waals surface area contributed by atoms with Crippen LogP contribution in [-0.4, -0.2) is 28.2 Å². The highest BCUT2D eigenvalue weighted by Crippen LogP contribution is 2.26. The molecular weight excluding hydrogens is 326 g/mol. The first-order valence-electron chi connectivity index (χ1n) is 6.00. The molecule has 0 saturated heterocycles. The summed E-state index contributed by atoms with van der Waals surface area (Å²) in [5, 5.41) is 11.5. The second-order valence-electron chi connectivity index (χ2n) is 4.22. The van der Waals surface area contributed by atoms with E-state index in [9.17, 15) is 0 Å². The van der Waals surface area contributed by atoms with Crippen LogP contribution in [0.3, 0.4) is 0 Å². The lowest BCUT2D eigenvalue weighted by molar-refractivity contribution is 0.460. The molecule has 0 aliphatic carbocycles. The SMILES string of the molecule is CSCC(C)NCc1nnc(-c2ccccc2Br)o1. The lowest BCUT2D eigenvalue weighted by Crippen LogP contribution is -2.27. The molecule has 0 amide bonds. The van der Waals surface area contributed by atoms with Crippen LogP contribution in [0.25, 0.3) is 11.5 Å². The molecule has 6 heteroatoms. The Labute approximate surface area is 125 Å². The van der Waals surface area contributed by atoms with Gasteiger partial charge in [0, 0.05) is 16.3 Å². The summed E-state index contributed by atoms with van der Waals surface area (Å²) in [4.78, 5) is 0. The minimum Gasteiger partial charge on any atom is -0.419 e. The fourth-order valence-corrected chi connectivity index (χ4v) is 2.71. The zero-order chi connectivity index (χ0) is 13.7. The van der Waals surface area contributed by atoms with E-state index in [1.54, 1.807) is 0 Å². The van der Waals surface area contributed by atoms with Gasteiger partial charge in [-0.05, 0) is 41.2 Å². The van der Waals surface area contributed by atoms with E-state index < -0.39 is 0 Å². The van der Waals surface area contributed by atoms with Crippen molar-refractivity contribution in [3.63, 3.8) is 0 Å². The van der Waals surface area contributed by atoms with Crippen molar-refractivity contribution in [3.05, 3.63) is 34.6 Å². The molecule has 0 bridgehead atoms. The van der Waals surface area contributed by atoms with Crippen molar-refractivity contribution >= 4 is 27.7 Å². The molecule has 0 saturated carbocycles. The Bertz CT molecular complexity index is 532. The maximum atomic E-state index is 5.66. The number of nitrogens with zero attached hydrogens (tertiary/aromatic N) is 2. The van der Waals surface area contributed by atoms with Crippen LogP contribution in [0, 0.1) is 0 Å². The largest absolute Gasteiger partial charge is 0.419 e. The van der Waals surface area contributed by atoms with E-state index in [1.807, 2.05) is 36.0 Å². The zero-order valence-corrected chi connectivity index (χ0v) is 13.3. The highest BCUT2D eigenvalue weighted by Gasteiger charge is 2.11. The van der Waals surface area contributed by atoms with Gasteiger partial charge in [0.25, 0.3) is 0 Å². The van der Waals surface area contributed by atoms with Gasteiger partial charge < -0.3 is 9.73 Å². The Kier molecular flexibility index (Phi) is 5.42. The quantitative estimate of drug-likeness (QED) is 0.873. The molecule has 102 valence electrons. The summed E-state index contributed by atoms with van der Waals surface area (Å²) in [7, 11) is 0. The lowest BCUT2D eigenvalue weighted by atomic mass is 10.2. The van der Waals surface area contributed by atoms with E-state index in [-0.39, 0.29) is 0 Å². The highest BCUT2D eigenvalue weighted by molar-refractivity contribution is 9.10. The normalized spacial score (nSPS) is 12.6. The van der Waals surface area contributed by atoms with E-state index in [2.05, 4.69) is 44.6 Å². The Balaban J connectivity index is 2.02. The van der Waals surface area contributed by atoms with E-state index >= 15 is 0 Å². The molecule has 1 unspecified atom stereocenters. The van der Waals surface area contributed by atoms with Crippen LogP contribution in [0.5, 0.6) is 0 Å². The van der Waals surface area contributed by atoms with Crippen LogP contribution < -0.4 is 5.32 Å². The predicted molar refractivity (Wildman–Crippen MR) is 82.1 cm³/mol. The van der Waals surface area contributed by atoms with Gasteiger partial charge in [0.15, 0.2) is 0 Å². The lowest BCUT2D eigenvalue weighted by Gasteiger charge is -2.09. The van der Waals surface area contributed by atoms with Crippen LogP contribution in [0.1, 0.15) is 12.8 Å². The maximum Gasteiger partial charge on any atom is 0.248 e. The summed E-state index contributed by atoms with van der Waals surface area (Å²) in [5.74, 6) is 2.21. The number of hydrogen-bond donors (Lipinski definition) is 1. The molecule has 2 aromatic rings. The molecule has 0 aliphatic heterocycles. The summed E-state index contributed by atoms with van der Waals surface area (Å²) in [5.41, 5.74) is 0.915. The smallest absolute Gasteiger partial charge is 0.248 e.